The van der Waals surface area contributed by atoms with Gasteiger partial charge >= 0.3 is 6.18 Å². The van der Waals surface area contributed by atoms with Crippen LogP contribution in [-0.4, -0.2) is 27.3 Å². The number of para-hydroxylation sites is 2. The molecule has 0 aliphatic carbocycles. The number of ether oxygens (including phenoxy) is 1. The van der Waals surface area contributed by atoms with Gasteiger partial charge in [0.05, 0.1) is 29.6 Å². The Hall–Kier alpha value is -3.10. The van der Waals surface area contributed by atoms with Crippen molar-refractivity contribution in [3.63, 3.8) is 0 Å². The van der Waals surface area contributed by atoms with Crippen molar-refractivity contribution in [3.05, 3.63) is 59.9 Å². The van der Waals surface area contributed by atoms with Gasteiger partial charge in [0.25, 0.3) is 0 Å². The number of tetrazole rings is 1. The third-order valence-corrected chi connectivity index (χ3v) is 4.61. The molecule has 0 saturated carbocycles. The number of anilines is 1. The summed E-state index contributed by atoms with van der Waals surface area (Å²) in [6.07, 6.45) is -3.88. The zero-order valence-corrected chi connectivity index (χ0v) is 15.7. The Morgan fingerprint density at radius 3 is 2.54 bits per heavy atom. The SMILES string of the molecule is CC[C@](C)(Nc1ccccc1OC)c1nnnn1-c1cccc(C(F)(F)F)c1. The number of alkyl halides is 3. The van der Waals surface area contributed by atoms with Crippen molar-refractivity contribution in [1.29, 1.82) is 0 Å². The van der Waals surface area contributed by atoms with E-state index in [9.17, 15) is 13.2 Å². The number of benzene rings is 2. The lowest BCUT2D eigenvalue weighted by Gasteiger charge is -2.30. The number of hydrogen-bond donors (Lipinski definition) is 1. The van der Waals surface area contributed by atoms with Crippen LogP contribution in [0, 0.1) is 0 Å². The van der Waals surface area contributed by atoms with Gasteiger partial charge in [-0.05, 0) is 54.1 Å². The molecule has 9 heteroatoms. The summed E-state index contributed by atoms with van der Waals surface area (Å²) in [5.41, 5.74) is -0.557. The largest absolute Gasteiger partial charge is 0.495 e. The molecule has 0 fully saturated rings. The first kappa shape index (κ1) is 19.7. The van der Waals surface area contributed by atoms with Crippen LogP contribution in [0.25, 0.3) is 5.69 Å². The Balaban J connectivity index is 2.03. The van der Waals surface area contributed by atoms with E-state index < -0.39 is 17.3 Å². The summed E-state index contributed by atoms with van der Waals surface area (Å²) in [5, 5.41) is 15.1. The summed E-state index contributed by atoms with van der Waals surface area (Å²) in [5.74, 6) is 1.03. The van der Waals surface area contributed by atoms with Gasteiger partial charge in [0.1, 0.15) is 5.75 Å². The molecular weight excluding hydrogens is 371 g/mol. The molecule has 6 nitrogen and oxygen atoms in total. The Bertz CT molecular complexity index is 956. The lowest BCUT2D eigenvalue weighted by molar-refractivity contribution is -0.137. The van der Waals surface area contributed by atoms with Crippen molar-refractivity contribution < 1.29 is 17.9 Å². The first-order valence-corrected chi connectivity index (χ1v) is 8.66. The van der Waals surface area contributed by atoms with E-state index >= 15 is 0 Å². The van der Waals surface area contributed by atoms with Gasteiger partial charge in [-0.2, -0.15) is 17.9 Å². The van der Waals surface area contributed by atoms with Crippen molar-refractivity contribution >= 4 is 5.69 Å². The van der Waals surface area contributed by atoms with E-state index in [1.165, 1.54) is 16.8 Å². The molecule has 0 amide bonds. The summed E-state index contributed by atoms with van der Waals surface area (Å²) >= 11 is 0. The van der Waals surface area contributed by atoms with Crippen LogP contribution in [0.1, 0.15) is 31.7 Å². The van der Waals surface area contributed by atoms with Crippen molar-refractivity contribution in [2.24, 2.45) is 0 Å². The van der Waals surface area contributed by atoms with Crippen LogP contribution in [0.15, 0.2) is 48.5 Å². The molecule has 0 radical (unpaired) electrons. The maximum Gasteiger partial charge on any atom is 0.416 e. The van der Waals surface area contributed by atoms with Crippen molar-refractivity contribution in [1.82, 2.24) is 20.2 Å². The normalized spacial score (nSPS) is 13.8. The number of nitrogens with one attached hydrogen (secondary N) is 1. The second-order valence-electron chi connectivity index (χ2n) is 6.47. The zero-order valence-electron chi connectivity index (χ0n) is 15.7. The molecule has 0 bridgehead atoms. The van der Waals surface area contributed by atoms with E-state index in [1.54, 1.807) is 7.11 Å². The molecule has 1 aromatic heterocycles. The zero-order chi connectivity index (χ0) is 20.4. The van der Waals surface area contributed by atoms with Gasteiger partial charge in [0, 0.05) is 0 Å². The topological polar surface area (TPSA) is 64.9 Å². The fourth-order valence-electron chi connectivity index (χ4n) is 2.87. The number of halogens is 3. The predicted octanol–water partition coefficient (Wildman–Crippen LogP) is 4.43. The van der Waals surface area contributed by atoms with Crippen LogP contribution < -0.4 is 10.1 Å². The van der Waals surface area contributed by atoms with E-state index in [2.05, 4.69) is 20.8 Å². The Kier molecular flexibility index (Phi) is 5.26. The lowest BCUT2D eigenvalue weighted by atomic mass is 9.96. The van der Waals surface area contributed by atoms with Gasteiger partial charge in [-0.25, -0.2) is 0 Å². The van der Waals surface area contributed by atoms with Gasteiger partial charge in [0.15, 0.2) is 5.82 Å². The smallest absolute Gasteiger partial charge is 0.416 e. The van der Waals surface area contributed by atoms with Crippen LogP contribution in [0.3, 0.4) is 0 Å². The number of nitrogens with zero attached hydrogens (tertiary/aromatic N) is 4. The quantitative estimate of drug-likeness (QED) is 0.674. The van der Waals surface area contributed by atoms with Crippen LogP contribution in [0.2, 0.25) is 0 Å². The number of aromatic nitrogens is 4. The minimum atomic E-state index is -4.45. The highest BCUT2D eigenvalue weighted by Gasteiger charge is 2.34. The maximum atomic E-state index is 13.1. The van der Waals surface area contributed by atoms with Crippen molar-refractivity contribution in [2.75, 3.05) is 12.4 Å². The summed E-state index contributed by atoms with van der Waals surface area (Å²) in [6.45, 7) is 3.82. The summed E-state index contributed by atoms with van der Waals surface area (Å²) in [6, 6.07) is 12.3. The standard InChI is InChI=1S/C19H20F3N5O/c1-4-18(2,23-15-10-5-6-11-16(15)28-3)17-24-25-26-27(17)14-9-7-8-13(12-14)19(20,21)22/h5-12,23H,4H2,1-3H3/t18-/m0/s1. The van der Waals surface area contributed by atoms with E-state index in [-0.39, 0.29) is 5.69 Å². The molecule has 1 N–H and O–H groups in total. The van der Waals surface area contributed by atoms with Gasteiger partial charge < -0.3 is 10.1 Å². The minimum Gasteiger partial charge on any atom is -0.495 e. The predicted molar refractivity (Wildman–Crippen MR) is 98.4 cm³/mol. The van der Waals surface area contributed by atoms with Gasteiger partial charge in [0.2, 0.25) is 0 Å². The molecule has 0 saturated heterocycles. The molecule has 0 aliphatic rings. The van der Waals surface area contributed by atoms with E-state index in [1.807, 2.05) is 38.1 Å². The third kappa shape index (κ3) is 3.78. The Morgan fingerprint density at radius 2 is 1.86 bits per heavy atom. The Labute approximate surface area is 160 Å². The molecule has 148 valence electrons. The van der Waals surface area contributed by atoms with Crippen LogP contribution in [0.5, 0.6) is 5.75 Å². The average molecular weight is 391 g/mol. The fourth-order valence-corrected chi connectivity index (χ4v) is 2.87. The first-order chi connectivity index (χ1) is 13.3. The number of methoxy groups -OCH3 is 1. The van der Waals surface area contributed by atoms with Crippen LogP contribution >= 0.6 is 0 Å². The highest BCUT2D eigenvalue weighted by Crippen LogP contribution is 2.34. The second kappa shape index (κ2) is 7.49. The molecule has 2 aromatic carbocycles. The van der Waals surface area contributed by atoms with E-state index in [0.29, 0.717) is 18.0 Å². The molecule has 0 spiro atoms. The average Bonchev–Trinajstić information content (AvgIpc) is 3.18. The molecule has 0 unspecified atom stereocenters. The second-order valence-corrected chi connectivity index (χ2v) is 6.47. The number of hydrogen-bond acceptors (Lipinski definition) is 5. The molecule has 0 aliphatic heterocycles. The number of rotatable bonds is 6. The first-order valence-electron chi connectivity index (χ1n) is 8.66. The molecular formula is C19H20F3N5O. The third-order valence-electron chi connectivity index (χ3n) is 4.61. The molecule has 28 heavy (non-hydrogen) atoms. The molecule has 1 heterocycles. The van der Waals surface area contributed by atoms with Crippen molar-refractivity contribution in [2.45, 2.75) is 32.0 Å². The molecule has 3 rings (SSSR count). The van der Waals surface area contributed by atoms with E-state index in [0.717, 1.165) is 17.8 Å². The minimum absolute atomic E-state index is 0.233. The van der Waals surface area contributed by atoms with Crippen molar-refractivity contribution in [3.8, 4) is 11.4 Å². The van der Waals surface area contributed by atoms with Crippen LogP contribution in [0.4, 0.5) is 18.9 Å². The van der Waals surface area contributed by atoms with Gasteiger partial charge in [-0.1, -0.05) is 25.1 Å². The van der Waals surface area contributed by atoms with Gasteiger partial charge in [-0.15, -0.1) is 5.10 Å². The molecule has 1 atom stereocenters. The van der Waals surface area contributed by atoms with Gasteiger partial charge in [-0.3, -0.25) is 0 Å². The molecule has 3 aromatic rings. The fraction of sp³-hybridized carbons (Fsp3) is 0.316. The van der Waals surface area contributed by atoms with E-state index in [4.69, 9.17) is 4.74 Å². The van der Waals surface area contributed by atoms with Crippen LogP contribution in [-0.2, 0) is 11.7 Å². The highest BCUT2D eigenvalue weighted by molar-refractivity contribution is 5.58. The monoisotopic (exact) mass is 391 g/mol. The summed E-state index contributed by atoms with van der Waals surface area (Å²) in [7, 11) is 1.57. The summed E-state index contributed by atoms with van der Waals surface area (Å²) in [4.78, 5) is 0. The Morgan fingerprint density at radius 1 is 1.11 bits per heavy atom. The lowest BCUT2D eigenvalue weighted by Crippen LogP contribution is -2.34. The summed E-state index contributed by atoms with van der Waals surface area (Å²) < 4.78 is 46.0. The highest BCUT2D eigenvalue weighted by atomic mass is 19.4. The maximum absolute atomic E-state index is 13.1.